The van der Waals surface area contributed by atoms with Crippen LogP contribution in [0.5, 0.6) is 0 Å². The number of hydrogen-bond donors (Lipinski definition) is 2. The lowest BCUT2D eigenvalue weighted by Gasteiger charge is -2.09. The SMILES string of the molecule is O=C(Nc1ccc(-n2ccnc2)cc1)c1ccc(NC2CC2)c([N+](=O)[O-])c1. The molecule has 27 heavy (non-hydrogen) atoms. The van der Waals surface area contributed by atoms with Gasteiger partial charge in [0, 0.05) is 41.4 Å². The molecule has 0 atom stereocenters. The summed E-state index contributed by atoms with van der Waals surface area (Å²) in [5.74, 6) is -0.397. The average molecular weight is 363 g/mol. The molecule has 1 saturated carbocycles. The summed E-state index contributed by atoms with van der Waals surface area (Å²) in [5.41, 5.74) is 2.11. The van der Waals surface area contributed by atoms with Crippen LogP contribution in [-0.2, 0) is 0 Å². The molecule has 0 bridgehead atoms. The molecule has 0 aliphatic heterocycles. The molecule has 2 N–H and O–H groups in total. The van der Waals surface area contributed by atoms with Crippen LogP contribution >= 0.6 is 0 Å². The van der Waals surface area contributed by atoms with Gasteiger partial charge in [-0.05, 0) is 49.2 Å². The fourth-order valence-electron chi connectivity index (χ4n) is 2.73. The zero-order valence-corrected chi connectivity index (χ0v) is 14.3. The maximum Gasteiger partial charge on any atom is 0.293 e. The molecular weight excluding hydrogens is 346 g/mol. The van der Waals surface area contributed by atoms with E-state index in [9.17, 15) is 14.9 Å². The summed E-state index contributed by atoms with van der Waals surface area (Å²) >= 11 is 0. The van der Waals surface area contributed by atoms with Crippen molar-refractivity contribution in [2.24, 2.45) is 0 Å². The molecule has 4 rings (SSSR count). The third-order valence-corrected chi connectivity index (χ3v) is 4.32. The molecule has 8 nitrogen and oxygen atoms in total. The molecule has 0 saturated heterocycles. The summed E-state index contributed by atoms with van der Waals surface area (Å²) in [6.45, 7) is 0. The van der Waals surface area contributed by atoms with Gasteiger partial charge < -0.3 is 15.2 Å². The van der Waals surface area contributed by atoms with Crippen molar-refractivity contribution in [3.05, 3.63) is 76.9 Å². The van der Waals surface area contributed by atoms with Gasteiger partial charge in [0.05, 0.1) is 11.3 Å². The van der Waals surface area contributed by atoms with Crippen LogP contribution in [0.2, 0.25) is 0 Å². The van der Waals surface area contributed by atoms with E-state index < -0.39 is 10.8 Å². The van der Waals surface area contributed by atoms with Crippen molar-refractivity contribution in [3.8, 4) is 5.69 Å². The van der Waals surface area contributed by atoms with E-state index in [4.69, 9.17) is 0 Å². The molecule has 2 aromatic carbocycles. The van der Waals surface area contributed by atoms with Crippen LogP contribution in [0.3, 0.4) is 0 Å². The number of rotatable bonds is 6. The summed E-state index contributed by atoms with van der Waals surface area (Å²) < 4.78 is 1.85. The lowest BCUT2D eigenvalue weighted by Crippen LogP contribution is -2.13. The van der Waals surface area contributed by atoms with Crippen molar-refractivity contribution in [2.75, 3.05) is 10.6 Å². The van der Waals surface area contributed by atoms with E-state index in [1.54, 1.807) is 36.8 Å². The van der Waals surface area contributed by atoms with Crippen molar-refractivity contribution in [1.29, 1.82) is 0 Å². The van der Waals surface area contributed by atoms with E-state index in [1.165, 1.54) is 6.07 Å². The lowest BCUT2D eigenvalue weighted by atomic mass is 10.1. The number of nitro groups is 1. The van der Waals surface area contributed by atoms with Crippen LogP contribution in [0.1, 0.15) is 23.2 Å². The molecule has 0 radical (unpaired) electrons. The van der Waals surface area contributed by atoms with Gasteiger partial charge in [0.25, 0.3) is 11.6 Å². The first-order valence-corrected chi connectivity index (χ1v) is 8.55. The van der Waals surface area contributed by atoms with Gasteiger partial charge in [0.2, 0.25) is 0 Å². The number of hydrogen-bond acceptors (Lipinski definition) is 5. The second kappa shape index (κ2) is 6.91. The van der Waals surface area contributed by atoms with E-state index >= 15 is 0 Å². The largest absolute Gasteiger partial charge is 0.377 e. The Balaban J connectivity index is 1.50. The molecule has 0 spiro atoms. The second-order valence-corrected chi connectivity index (χ2v) is 6.38. The first kappa shape index (κ1) is 16.8. The van der Waals surface area contributed by atoms with E-state index in [0.29, 0.717) is 11.4 Å². The highest BCUT2D eigenvalue weighted by Gasteiger charge is 2.25. The maximum atomic E-state index is 12.5. The minimum Gasteiger partial charge on any atom is -0.377 e. The first-order valence-electron chi connectivity index (χ1n) is 8.55. The highest BCUT2D eigenvalue weighted by Crippen LogP contribution is 2.31. The molecular formula is C19H17N5O3. The van der Waals surface area contributed by atoms with Crippen LogP contribution in [0.25, 0.3) is 5.69 Å². The van der Waals surface area contributed by atoms with Crippen LogP contribution in [0.15, 0.2) is 61.2 Å². The average Bonchev–Trinajstić information content (AvgIpc) is 3.31. The Morgan fingerprint density at radius 2 is 1.96 bits per heavy atom. The van der Waals surface area contributed by atoms with Gasteiger partial charge in [-0.15, -0.1) is 0 Å². The summed E-state index contributed by atoms with van der Waals surface area (Å²) in [4.78, 5) is 27.3. The fourth-order valence-corrected chi connectivity index (χ4v) is 2.73. The Hall–Kier alpha value is -3.68. The third-order valence-electron chi connectivity index (χ3n) is 4.32. The number of nitro benzene ring substituents is 1. The number of imidazole rings is 1. The zero-order valence-electron chi connectivity index (χ0n) is 14.3. The Bertz CT molecular complexity index is 979. The maximum absolute atomic E-state index is 12.5. The molecule has 1 fully saturated rings. The topological polar surface area (TPSA) is 102 Å². The van der Waals surface area contributed by atoms with Crippen molar-refractivity contribution in [2.45, 2.75) is 18.9 Å². The molecule has 3 aromatic rings. The van der Waals surface area contributed by atoms with Gasteiger partial charge >= 0.3 is 0 Å². The zero-order chi connectivity index (χ0) is 18.8. The fraction of sp³-hybridized carbons (Fsp3) is 0.158. The molecule has 1 aliphatic carbocycles. The monoisotopic (exact) mass is 363 g/mol. The highest BCUT2D eigenvalue weighted by atomic mass is 16.6. The molecule has 0 unspecified atom stereocenters. The summed E-state index contributed by atoms with van der Waals surface area (Å²) in [5, 5.41) is 17.2. The molecule has 1 aromatic heterocycles. The van der Waals surface area contributed by atoms with Gasteiger partial charge in [-0.2, -0.15) is 0 Å². The summed E-state index contributed by atoms with van der Waals surface area (Å²) in [7, 11) is 0. The van der Waals surface area contributed by atoms with Crippen LogP contribution in [0.4, 0.5) is 17.1 Å². The van der Waals surface area contributed by atoms with Gasteiger partial charge in [0.1, 0.15) is 5.69 Å². The first-order chi connectivity index (χ1) is 13.1. The van der Waals surface area contributed by atoms with E-state index in [0.717, 1.165) is 18.5 Å². The predicted molar refractivity (Wildman–Crippen MR) is 101 cm³/mol. The van der Waals surface area contributed by atoms with Crippen LogP contribution in [-0.4, -0.2) is 26.4 Å². The Labute approximate surface area is 155 Å². The summed E-state index contributed by atoms with van der Waals surface area (Å²) in [6.07, 6.45) is 7.21. The third kappa shape index (κ3) is 3.79. The number of carbonyl (C=O) groups excluding carboxylic acids is 1. The molecule has 1 heterocycles. The van der Waals surface area contributed by atoms with Crippen molar-refractivity contribution < 1.29 is 9.72 Å². The standard InChI is InChI=1S/C19H17N5O3/c25-19(22-15-4-6-16(7-5-15)23-10-9-20-12-23)13-1-8-17(21-14-2-3-14)18(11-13)24(26)27/h1,4-12,14,21H,2-3H2,(H,22,25). The lowest BCUT2D eigenvalue weighted by molar-refractivity contribution is -0.384. The second-order valence-electron chi connectivity index (χ2n) is 6.38. The van der Waals surface area contributed by atoms with Gasteiger partial charge in [-0.25, -0.2) is 4.98 Å². The van der Waals surface area contributed by atoms with Gasteiger partial charge in [-0.3, -0.25) is 14.9 Å². The van der Waals surface area contributed by atoms with Crippen LogP contribution < -0.4 is 10.6 Å². The van der Waals surface area contributed by atoms with E-state index in [2.05, 4.69) is 15.6 Å². The molecule has 136 valence electrons. The predicted octanol–water partition coefficient (Wildman–Crippen LogP) is 3.61. The smallest absolute Gasteiger partial charge is 0.293 e. The number of anilines is 2. The quantitative estimate of drug-likeness (QED) is 0.514. The number of aromatic nitrogens is 2. The van der Waals surface area contributed by atoms with Crippen molar-refractivity contribution in [1.82, 2.24) is 9.55 Å². The molecule has 1 amide bonds. The number of nitrogens with one attached hydrogen (secondary N) is 2. The number of carbonyl (C=O) groups is 1. The normalized spacial score (nSPS) is 13.2. The highest BCUT2D eigenvalue weighted by molar-refractivity contribution is 6.05. The van der Waals surface area contributed by atoms with Gasteiger partial charge in [0.15, 0.2) is 0 Å². The van der Waals surface area contributed by atoms with E-state index in [-0.39, 0.29) is 17.3 Å². The minimum absolute atomic E-state index is 0.0926. The Kier molecular flexibility index (Phi) is 4.29. The number of amides is 1. The number of nitrogens with zero attached hydrogens (tertiary/aromatic N) is 3. The minimum atomic E-state index is -0.471. The van der Waals surface area contributed by atoms with E-state index in [1.807, 2.05) is 22.9 Å². The Morgan fingerprint density at radius 1 is 1.19 bits per heavy atom. The van der Waals surface area contributed by atoms with Crippen molar-refractivity contribution >= 4 is 23.0 Å². The van der Waals surface area contributed by atoms with Gasteiger partial charge in [-0.1, -0.05) is 0 Å². The molecule has 8 heteroatoms. The van der Waals surface area contributed by atoms with Crippen molar-refractivity contribution in [3.63, 3.8) is 0 Å². The summed E-state index contributed by atoms with van der Waals surface area (Å²) in [6, 6.07) is 12.0. The van der Waals surface area contributed by atoms with Crippen LogP contribution in [0, 0.1) is 10.1 Å². The Morgan fingerprint density at radius 3 is 2.59 bits per heavy atom. The molecule has 1 aliphatic rings. The number of benzene rings is 2.